The van der Waals surface area contributed by atoms with Crippen LogP contribution in [0.25, 0.3) is 0 Å². The predicted octanol–water partition coefficient (Wildman–Crippen LogP) is 7.78. The van der Waals surface area contributed by atoms with E-state index in [1.165, 1.54) is 122 Å². The van der Waals surface area contributed by atoms with Gasteiger partial charge in [-0.25, -0.2) is 0 Å². The Morgan fingerprint density at radius 2 is 1.14 bits per heavy atom. The molecular weight excluding hydrogens is 342 g/mol. The summed E-state index contributed by atoms with van der Waals surface area (Å²) in [6, 6.07) is 0.364. The Labute approximate surface area is 177 Å². The minimum Gasteiger partial charge on any atom is -0.391 e. The van der Waals surface area contributed by atoms with Gasteiger partial charge in [0.25, 0.3) is 0 Å². The van der Waals surface area contributed by atoms with Crippen LogP contribution >= 0.6 is 0 Å². The quantitative estimate of drug-likeness (QED) is 0.219. The Morgan fingerprint density at radius 3 is 1.71 bits per heavy atom. The first-order chi connectivity index (χ1) is 13.8. The third-order valence-corrected chi connectivity index (χ3v) is 6.84. The summed E-state index contributed by atoms with van der Waals surface area (Å²) in [5, 5.41) is 14.2. The molecule has 3 atom stereocenters. The van der Waals surface area contributed by atoms with Crippen molar-refractivity contribution in [3.05, 3.63) is 0 Å². The highest BCUT2D eigenvalue weighted by Gasteiger charge is 2.30. The van der Waals surface area contributed by atoms with E-state index in [0.717, 1.165) is 13.0 Å². The second-order valence-electron chi connectivity index (χ2n) is 9.48. The maximum atomic E-state index is 10.5. The van der Waals surface area contributed by atoms with E-state index >= 15 is 0 Å². The van der Waals surface area contributed by atoms with Gasteiger partial charge >= 0.3 is 0 Å². The predicted molar refractivity (Wildman–Crippen MR) is 125 cm³/mol. The topological polar surface area (TPSA) is 32.3 Å². The summed E-state index contributed by atoms with van der Waals surface area (Å²) in [5.74, 6) is 0.707. The number of aliphatic hydroxyl groups is 1. The molecule has 0 radical (unpaired) electrons. The lowest BCUT2D eigenvalue weighted by molar-refractivity contribution is 0.0537. The molecule has 0 heterocycles. The largest absolute Gasteiger partial charge is 0.391 e. The summed E-state index contributed by atoms with van der Waals surface area (Å²) in [7, 11) is 0. The molecule has 168 valence electrons. The van der Waals surface area contributed by atoms with Gasteiger partial charge in [-0.1, -0.05) is 117 Å². The molecule has 0 aromatic heterocycles. The lowest BCUT2D eigenvalue weighted by Gasteiger charge is -2.36. The number of nitrogens with one attached hydrogen (secondary N) is 1. The van der Waals surface area contributed by atoms with E-state index in [9.17, 15) is 5.11 Å². The van der Waals surface area contributed by atoms with Crippen LogP contribution in [0, 0.1) is 5.92 Å². The van der Waals surface area contributed by atoms with Gasteiger partial charge in [0.15, 0.2) is 0 Å². The second kappa shape index (κ2) is 18.9. The first kappa shape index (κ1) is 26.0. The second-order valence-corrected chi connectivity index (χ2v) is 9.48. The molecule has 2 N–H and O–H groups in total. The van der Waals surface area contributed by atoms with Crippen LogP contribution in [-0.4, -0.2) is 23.8 Å². The molecular formula is C26H53NO. The van der Waals surface area contributed by atoms with Crippen molar-refractivity contribution < 1.29 is 5.11 Å². The normalized spacial score (nSPS) is 22.6. The van der Waals surface area contributed by atoms with E-state index in [2.05, 4.69) is 19.2 Å². The molecule has 1 fully saturated rings. The van der Waals surface area contributed by atoms with Gasteiger partial charge in [0.2, 0.25) is 0 Å². The fourth-order valence-electron chi connectivity index (χ4n) is 4.96. The van der Waals surface area contributed by atoms with Crippen molar-refractivity contribution in [1.82, 2.24) is 5.32 Å². The number of rotatable bonds is 19. The van der Waals surface area contributed by atoms with E-state index in [-0.39, 0.29) is 6.10 Å². The third-order valence-electron chi connectivity index (χ3n) is 6.84. The Morgan fingerprint density at radius 1 is 0.643 bits per heavy atom. The summed E-state index contributed by atoms with van der Waals surface area (Å²) in [6.07, 6.45) is 27.1. The minimum atomic E-state index is -0.109. The molecule has 2 heteroatoms. The Bertz CT molecular complexity index is 320. The van der Waals surface area contributed by atoms with Crippen LogP contribution in [0.3, 0.4) is 0 Å². The van der Waals surface area contributed by atoms with E-state index < -0.39 is 0 Å². The third kappa shape index (κ3) is 13.2. The molecule has 1 saturated carbocycles. The summed E-state index contributed by atoms with van der Waals surface area (Å²) in [4.78, 5) is 0. The number of unbranched alkanes of at least 4 members (excludes halogenated alkanes) is 14. The van der Waals surface area contributed by atoms with E-state index in [0.29, 0.717) is 12.0 Å². The van der Waals surface area contributed by atoms with E-state index in [4.69, 9.17) is 0 Å². The molecule has 0 spiro atoms. The zero-order valence-corrected chi connectivity index (χ0v) is 19.5. The highest BCUT2D eigenvalue weighted by atomic mass is 16.3. The Hall–Kier alpha value is -0.0800. The van der Waals surface area contributed by atoms with Crippen LogP contribution in [0.15, 0.2) is 0 Å². The molecule has 1 aliphatic rings. The fraction of sp³-hybridized carbons (Fsp3) is 1.00. The molecule has 0 aliphatic heterocycles. The maximum absolute atomic E-state index is 10.5. The first-order valence-corrected chi connectivity index (χ1v) is 13.2. The Kier molecular flexibility index (Phi) is 17.5. The smallest absolute Gasteiger partial charge is 0.0695 e. The highest BCUT2D eigenvalue weighted by Crippen LogP contribution is 2.29. The first-order valence-electron chi connectivity index (χ1n) is 13.2. The summed E-state index contributed by atoms with van der Waals surface area (Å²) in [5.41, 5.74) is 0. The van der Waals surface area contributed by atoms with Crippen molar-refractivity contribution in [3.8, 4) is 0 Å². The molecule has 2 nitrogen and oxygen atoms in total. The molecule has 0 aromatic rings. The molecule has 0 bridgehead atoms. The molecule has 0 unspecified atom stereocenters. The lowest BCUT2D eigenvalue weighted by atomic mass is 9.79. The van der Waals surface area contributed by atoms with Gasteiger partial charge in [-0.05, 0) is 38.1 Å². The number of hydrogen-bond donors (Lipinski definition) is 2. The van der Waals surface area contributed by atoms with E-state index in [1.54, 1.807) is 0 Å². The van der Waals surface area contributed by atoms with Crippen LogP contribution in [-0.2, 0) is 0 Å². The minimum absolute atomic E-state index is 0.109. The van der Waals surface area contributed by atoms with Crippen molar-refractivity contribution in [2.24, 2.45) is 5.92 Å². The van der Waals surface area contributed by atoms with Crippen LogP contribution in [0.2, 0.25) is 0 Å². The molecule has 1 rings (SSSR count). The maximum Gasteiger partial charge on any atom is 0.0695 e. The number of aliphatic hydroxyl groups excluding tert-OH is 1. The summed E-state index contributed by atoms with van der Waals surface area (Å²) >= 11 is 0. The summed E-state index contributed by atoms with van der Waals surface area (Å²) < 4.78 is 0. The standard InChI is InChI=1S/C26H53NO/c1-3-5-7-9-10-11-12-13-14-15-16-17-20-24-21-19-22-25(28)26(24)27-23-18-8-6-4-2/h24-28H,3-23H2,1-2H3/t24-,25+,26+/m1/s1. The average Bonchev–Trinajstić information content (AvgIpc) is 2.70. The van der Waals surface area contributed by atoms with Crippen molar-refractivity contribution in [1.29, 1.82) is 0 Å². The highest BCUT2D eigenvalue weighted by molar-refractivity contribution is 4.87. The van der Waals surface area contributed by atoms with Gasteiger partial charge in [-0.3, -0.25) is 0 Å². The monoisotopic (exact) mass is 395 g/mol. The molecule has 0 saturated heterocycles. The zero-order valence-electron chi connectivity index (χ0n) is 19.5. The van der Waals surface area contributed by atoms with Crippen LogP contribution < -0.4 is 5.32 Å². The molecule has 1 aliphatic carbocycles. The van der Waals surface area contributed by atoms with Gasteiger partial charge in [0.1, 0.15) is 0 Å². The van der Waals surface area contributed by atoms with Crippen LogP contribution in [0.5, 0.6) is 0 Å². The average molecular weight is 396 g/mol. The van der Waals surface area contributed by atoms with Gasteiger partial charge in [0, 0.05) is 6.04 Å². The molecule has 28 heavy (non-hydrogen) atoms. The fourth-order valence-corrected chi connectivity index (χ4v) is 4.96. The van der Waals surface area contributed by atoms with Crippen LogP contribution in [0.4, 0.5) is 0 Å². The van der Waals surface area contributed by atoms with Gasteiger partial charge < -0.3 is 10.4 Å². The molecule has 0 amide bonds. The van der Waals surface area contributed by atoms with Gasteiger partial charge in [-0.2, -0.15) is 0 Å². The lowest BCUT2D eigenvalue weighted by Crippen LogP contribution is -2.48. The van der Waals surface area contributed by atoms with Crippen molar-refractivity contribution in [3.63, 3.8) is 0 Å². The zero-order chi connectivity index (χ0) is 20.3. The van der Waals surface area contributed by atoms with Gasteiger partial charge in [-0.15, -0.1) is 0 Å². The summed E-state index contributed by atoms with van der Waals surface area (Å²) in [6.45, 7) is 5.65. The SMILES string of the molecule is CCCCCCCCCCCCCC[C@@H]1CCC[C@H](O)[C@H]1NCCCCCC. The van der Waals surface area contributed by atoms with Crippen LogP contribution in [0.1, 0.15) is 142 Å². The van der Waals surface area contributed by atoms with Crippen molar-refractivity contribution in [2.45, 2.75) is 154 Å². The molecule has 0 aromatic carbocycles. The van der Waals surface area contributed by atoms with Crippen molar-refractivity contribution in [2.75, 3.05) is 6.54 Å². The Balaban J connectivity index is 2.01. The van der Waals surface area contributed by atoms with Gasteiger partial charge in [0.05, 0.1) is 6.10 Å². The van der Waals surface area contributed by atoms with E-state index in [1.807, 2.05) is 0 Å². The van der Waals surface area contributed by atoms with Crippen molar-refractivity contribution >= 4 is 0 Å². The number of hydrogen-bond acceptors (Lipinski definition) is 2.